The van der Waals surface area contributed by atoms with Crippen molar-refractivity contribution >= 4 is 0 Å². The van der Waals surface area contributed by atoms with Crippen molar-refractivity contribution in [1.29, 1.82) is 0 Å². The van der Waals surface area contributed by atoms with Gasteiger partial charge in [0.2, 0.25) is 5.75 Å². The van der Waals surface area contributed by atoms with Crippen molar-refractivity contribution in [2.24, 2.45) is 0 Å². The second kappa shape index (κ2) is 5.34. The van der Waals surface area contributed by atoms with E-state index in [0.717, 1.165) is 0 Å². The van der Waals surface area contributed by atoms with Gasteiger partial charge in [-0.1, -0.05) is 18.2 Å². The fourth-order valence-corrected chi connectivity index (χ4v) is 1.41. The molecule has 0 aliphatic rings. The van der Waals surface area contributed by atoms with Crippen LogP contribution in [0.1, 0.15) is 6.92 Å². The van der Waals surface area contributed by atoms with Gasteiger partial charge in [-0.15, -0.1) is 0 Å². The highest BCUT2D eigenvalue weighted by molar-refractivity contribution is 5.43. The lowest BCUT2D eigenvalue weighted by Crippen LogP contribution is -1.97. The van der Waals surface area contributed by atoms with Crippen molar-refractivity contribution in [1.82, 2.24) is 0 Å². The van der Waals surface area contributed by atoms with E-state index in [1.54, 1.807) is 18.2 Å². The lowest BCUT2D eigenvalue weighted by Gasteiger charge is -2.11. The number of halogens is 1. The molecule has 0 atom stereocenters. The molecule has 0 aliphatic heterocycles. The van der Waals surface area contributed by atoms with Gasteiger partial charge in [-0.2, -0.15) is 0 Å². The van der Waals surface area contributed by atoms with Gasteiger partial charge in [0.25, 0.3) is 0 Å². The van der Waals surface area contributed by atoms with E-state index in [1.807, 2.05) is 25.1 Å². The summed E-state index contributed by atoms with van der Waals surface area (Å²) in [6.45, 7) is 2.29. The fourth-order valence-electron chi connectivity index (χ4n) is 1.41. The molecule has 2 aromatic rings. The summed E-state index contributed by atoms with van der Waals surface area (Å²) in [7, 11) is 0. The number of benzene rings is 2. The molecule has 0 bridgehead atoms. The van der Waals surface area contributed by atoms with Crippen molar-refractivity contribution in [3.8, 4) is 17.2 Å². The van der Waals surface area contributed by atoms with Crippen LogP contribution >= 0.6 is 0 Å². The number of rotatable bonds is 4. The average Bonchev–Trinajstić information content (AvgIpc) is 2.35. The first kappa shape index (κ1) is 11.5. The van der Waals surface area contributed by atoms with Gasteiger partial charge in [0, 0.05) is 6.07 Å². The monoisotopic (exact) mass is 231 g/mol. The molecule has 0 heterocycles. The quantitative estimate of drug-likeness (QED) is 0.796. The Hall–Kier alpha value is -2.03. The summed E-state index contributed by atoms with van der Waals surface area (Å²) in [5, 5.41) is 0. The Labute approximate surface area is 99.6 Å². The maximum atomic E-state index is 13.6. The zero-order valence-corrected chi connectivity index (χ0v) is 9.44. The molecule has 0 spiro atoms. The maximum Gasteiger partial charge on any atom is 0.205 e. The van der Waals surface area contributed by atoms with Gasteiger partial charge in [0.15, 0.2) is 11.6 Å². The van der Waals surface area contributed by atoms with Gasteiger partial charge < -0.3 is 9.47 Å². The SMILES string of the molecule is CCOc1cc[c]c(F)c1Oc1ccccc1. The van der Waals surface area contributed by atoms with Crippen molar-refractivity contribution in [3.05, 3.63) is 54.3 Å². The largest absolute Gasteiger partial charge is 0.490 e. The smallest absolute Gasteiger partial charge is 0.205 e. The number of para-hydroxylation sites is 1. The molecule has 0 saturated heterocycles. The summed E-state index contributed by atoms with van der Waals surface area (Å²) in [5.74, 6) is 0.458. The van der Waals surface area contributed by atoms with Gasteiger partial charge in [0.1, 0.15) is 5.75 Å². The van der Waals surface area contributed by atoms with Crippen LogP contribution in [0.15, 0.2) is 42.5 Å². The molecular formula is C14H12FO2. The molecule has 0 amide bonds. The topological polar surface area (TPSA) is 18.5 Å². The van der Waals surface area contributed by atoms with Crippen LogP contribution in [0, 0.1) is 11.9 Å². The van der Waals surface area contributed by atoms with Gasteiger partial charge >= 0.3 is 0 Å². The number of hydrogen-bond donors (Lipinski definition) is 0. The van der Waals surface area contributed by atoms with E-state index in [2.05, 4.69) is 6.07 Å². The van der Waals surface area contributed by atoms with E-state index in [4.69, 9.17) is 9.47 Å². The molecule has 2 rings (SSSR count). The second-order valence-corrected chi connectivity index (χ2v) is 3.33. The molecule has 0 saturated carbocycles. The zero-order chi connectivity index (χ0) is 12.1. The standard InChI is InChI=1S/C14H12FO2/c1-2-16-13-10-6-9-12(15)14(13)17-11-7-4-3-5-8-11/h3-8,10H,2H2,1H3. The van der Waals surface area contributed by atoms with E-state index in [9.17, 15) is 4.39 Å². The van der Waals surface area contributed by atoms with Crippen LogP contribution < -0.4 is 9.47 Å². The van der Waals surface area contributed by atoms with Crippen LogP contribution in [0.3, 0.4) is 0 Å². The highest BCUT2D eigenvalue weighted by Crippen LogP contribution is 2.33. The minimum Gasteiger partial charge on any atom is -0.490 e. The molecule has 0 aromatic heterocycles. The molecule has 17 heavy (non-hydrogen) atoms. The summed E-state index contributed by atoms with van der Waals surface area (Å²) >= 11 is 0. The van der Waals surface area contributed by atoms with Crippen LogP contribution in [0.2, 0.25) is 0 Å². The molecule has 2 nitrogen and oxygen atoms in total. The van der Waals surface area contributed by atoms with Crippen molar-refractivity contribution in [2.75, 3.05) is 6.61 Å². The Bertz CT molecular complexity index is 483. The highest BCUT2D eigenvalue weighted by atomic mass is 19.1. The Kier molecular flexibility index (Phi) is 3.60. The summed E-state index contributed by atoms with van der Waals surface area (Å²) in [4.78, 5) is 0. The van der Waals surface area contributed by atoms with Crippen LogP contribution in [-0.2, 0) is 0 Å². The molecule has 3 heteroatoms. The van der Waals surface area contributed by atoms with Crippen LogP contribution in [0.4, 0.5) is 4.39 Å². The van der Waals surface area contributed by atoms with Crippen LogP contribution in [0.25, 0.3) is 0 Å². The van der Waals surface area contributed by atoms with Crippen LogP contribution in [-0.4, -0.2) is 6.61 Å². The predicted molar refractivity (Wildman–Crippen MR) is 62.9 cm³/mol. The second-order valence-electron chi connectivity index (χ2n) is 3.33. The fraction of sp³-hybridized carbons (Fsp3) is 0.143. The summed E-state index contributed by atoms with van der Waals surface area (Å²) in [5.41, 5.74) is 0. The van der Waals surface area contributed by atoms with Crippen molar-refractivity contribution in [2.45, 2.75) is 6.92 Å². The zero-order valence-electron chi connectivity index (χ0n) is 9.44. The van der Waals surface area contributed by atoms with Gasteiger partial charge in [0.05, 0.1) is 6.61 Å². The minimum absolute atomic E-state index is 0.0700. The third-order valence-corrected chi connectivity index (χ3v) is 2.13. The predicted octanol–water partition coefficient (Wildman–Crippen LogP) is 3.82. The first-order valence-electron chi connectivity index (χ1n) is 5.37. The molecule has 0 unspecified atom stereocenters. The van der Waals surface area contributed by atoms with E-state index in [1.165, 1.54) is 6.07 Å². The molecular weight excluding hydrogens is 219 g/mol. The average molecular weight is 231 g/mol. The van der Waals surface area contributed by atoms with Crippen LogP contribution in [0.5, 0.6) is 17.2 Å². The third-order valence-electron chi connectivity index (χ3n) is 2.13. The van der Waals surface area contributed by atoms with E-state index in [0.29, 0.717) is 18.1 Å². The highest BCUT2D eigenvalue weighted by Gasteiger charge is 2.11. The Morgan fingerprint density at radius 2 is 1.94 bits per heavy atom. The van der Waals surface area contributed by atoms with Gasteiger partial charge in [-0.05, 0) is 31.2 Å². The lowest BCUT2D eigenvalue weighted by molar-refractivity contribution is 0.314. The maximum absolute atomic E-state index is 13.6. The molecule has 0 fully saturated rings. The lowest BCUT2D eigenvalue weighted by atomic mass is 10.3. The molecule has 0 aliphatic carbocycles. The number of hydrogen-bond acceptors (Lipinski definition) is 2. The van der Waals surface area contributed by atoms with Crippen molar-refractivity contribution < 1.29 is 13.9 Å². The van der Waals surface area contributed by atoms with Gasteiger partial charge in [-0.25, -0.2) is 4.39 Å². The van der Waals surface area contributed by atoms with Gasteiger partial charge in [-0.3, -0.25) is 0 Å². The minimum atomic E-state index is -0.556. The Morgan fingerprint density at radius 1 is 1.18 bits per heavy atom. The Balaban J connectivity index is 2.31. The Morgan fingerprint density at radius 3 is 2.65 bits per heavy atom. The summed E-state index contributed by atoms with van der Waals surface area (Å²) in [6.07, 6.45) is 0. The molecule has 0 N–H and O–H groups in total. The number of ether oxygens (including phenoxy) is 2. The summed E-state index contributed by atoms with van der Waals surface area (Å²) < 4.78 is 24.4. The third kappa shape index (κ3) is 2.75. The van der Waals surface area contributed by atoms with E-state index < -0.39 is 5.82 Å². The molecule has 2 aromatic carbocycles. The molecule has 1 radical (unpaired) electrons. The van der Waals surface area contributed by atoms with Crippen molar-refractivity contribution in [3.63, 3.8) is 0 Å². The van der Waals surface area contributed by atoms with E-state index >= 15 is 0 Å². The first-order chi connectivity index (χ1) is 8.31. The summed E-state index contributed by atoms with van der Waals surface area (Å²) in [6, 6.07) is 14.6. The van der Waals surface area contributed by atoms with E-state index in [-0.39, 0.29) is 5.75 Å². The first-order valence-corrected chi connectivity index (χ1v) is 5.37. The normalized spacial score (nSPS) is 10.0. The molecule has 87 valence electrons.